The summed E-state index contributed by atoms with van der Waals surface area (Å²) in [7, 11) is 0. The molecule has 0 saturated carbocycles. The SMILES string of the molecule is CCCCCCCCC=CCCCCCCCCOC(=O)CC(C=CCCCCCCCCCCCC)C(=O)OCCCCCCCCC=CCCCCCCCC. The van der Waals surface area contributed by atoms with Crippen molar-refractivity contribution in [2.75, 3.05) is 13.2 Å². The zero-order valence-electron chi connectivity index (χ0n) is 39.4. The molecule has 0 spiro atoms. The summed E-state index contributed by atoms with van der Waals surface area (Å²) in [4.78, 5) is 25.9. The maximum atomic E-state index is 13.1. The van der Waals surface area contributed by atoms with E-state index in [1.165, 1.54) is 212 Å². The van der Waals surface area contributed by atoms with Gasteiger partial charge in [-0.15, -0.1) is 0 Å². The lowest BCUT2D eigenvalue weighted by atomic mass is 10.0. The van der Waals surface area contributed by atoms with E-state index in [2.05, 4.69) is 51.2 Å². The second kappa shape index (κ2) is 49.5. The summed E-state index contributed by atoms with van der Waals surface area (Å²) in [5, 5.41) is 0. The molecule has 0 aliphatic rings. The van der Waals surface area contributed by atoms with Crippen LogP contribution < -0.4 is 0 Å². The van der Waals surface area contributed by atoms with Gasteiger partial charge in [-0.25, -0.2) is 0 Å². The summed E-state index contributed by atoms with van der Waals surface area (Å²) in [6, 6.07) is 0. The zero-order chi connectivity index (χ0) is 42.1. The predicted octanol–water partition coefficient (Wildman–Crippen LogP) is 18.0. The molecule has 0 heterocycles. The number of ether oxygens (including phenoxy) is 2. The van der Waals surface area contributed by atoms with Crippen LogP contribution >= 0.6 is 0 Å². The monoisotopic (exact) mass is 813 g/mol. The third-order valence-corrected chi connectivity index (χ3v) is 11.6. The van der Waals surface area contributed by atoms with Crippen molar-refractivity contribution < 1.29 is 19.1 Å². The first-order chi connectivity index (χ1) is 28.7. The van der Waals surface area contributed by atoms with E-state index in [9.17, 15) is 9.59 Å². The fourth-order valence-electron chi connectivity index (χ4n) is 7.64. The fraction of sp³-hybridized carbons (Fsp3) is 0.852. The van der Waals surface area contributed by atoms with Gasteiger partial charge in [0.2, 0.25) is 0 Å². The highest BCUT2D eigenvalue weighted by Crippen LogP contribution is 2.16. The summed E-state index contributed by atoms with van der Waals surface area (Å²) < 4.78 is 11.3. The van der Waals surface area contributed by atoms with Crippen LogP contribution in [0.1, 0.15) is 278 Å². The van der Waals surface area contributed by atoms with Crippen molar-refractivity contribution in [3.63, 3.8) is 0 Å². The highest BCUT2D eigenvalue weighted by Gasteiger charge is 2.21. The topological polar surface area (TPSA) is 52.6 Å². The fourth-order valence-corrected chi connectivity index (χ4v) is 7.64. The van der Waals surface area contributed by atoms with Gasteiger partial charge in [0, 0.05) is 0 Å². The predicted molar refractivity (Wildman–Crippen MR) is 255 cm³/mol. The quantitative estimate of drug-likeness (QED) is 0.0349. The molecule has 58 heavy (non-hydrogen) atoms. The van der Waals surface area contributed by atoms with E-state index in [1.807, 2.05) is 6.08 Å². The molecule has 0 fully saturated rings. The second-order valence-electron chi connectivity index (χ2n) is 17.5. The Kier molecular flexibility index (Phi) is 48.0. The molecule has 0 aliphatic carbocycles. The summed E-state index contributed by atoms with van der Waals surface area (Å²) in [5.41, 5.74) is 0. The number of unbranched alkanes of at least 4 members (excludes halogenated alkanes) is 34. The van der Waals surface area contributed by atoms with Crippen LogP contribution in [0.2, 0.25) is 0 Å². The molecular weight excluding hydrogens is 713 g/mol. The van der Waals surface area contributed by atoms with E-state index < -0.39 is 5.92 Å². The lowest BCUT2D eigenvalue weighted by molar-refractivity contribution is -0.153. The molecule has 340 valence electrons. The molecule has 4 nitrogen and oxygen atoms in total. The Morgan fingerprint density at radius 3 is 0.966 bits per heavy atom. The van der Waals surface area contributed by atoms with Gasteiger partial charge in [0.1, 0.15) is 0 Å². The molecule has 4 heteroatoms. The Morgan fingerprint density at radius 2 is 0.621 bits per heavy atom. The molecule has 1 unspecified atom stereocenters. The average molecular weight is 813 g/mol. The Balaban J connectivity index is 4.27. The van der Waals surface area contributed by atoms with E-state index >= 15 is 0 Å². The van der Waals surface area contributed by atoms with Gasteiger partial charge in [0.05, 0.1) is 25.6 Å². The van der Waals surface area contributed by atoms with Gasteiger partial charge in [0.25, 0.3) is 0 Å². The van der Waals surface area contributed by atoms with E-state index in [4.69, 9.17) is 9.47 Å². The van der Waals surface area contributed by atoms with Crippen LogP contribution in [-0.2, 0) is 19.1 Å². The first-order valence-electron chi connectivity index (χ1n) is 25.9. The molecule has 0 N–H and O–H groups in total. The molecular formula is C54H100O4. The van der Waals surface area contributed by atoms with E-state index in [-0.39, 0.29) is 18.4 Å². The summed E-state index contributed by atoms with van der Waals surface area (Å²) in [6.07, 6.45) is 62.9. The van der Waals surface area contributed by atoms with Gasteiger partial charge < -0.3 is 9.47 Å². The number of hydrogen-bond acceptors (Lipinski definition) is 4. The van der Waals surface area contributed by atoms with Crippen LogP contribution in [0.5, 0.6) is 0 Å². The summed E-state index contributed by atoms with van der Waals surface area (Å²) in [6.45, 7) is 7.70. The minimum atomic E-state index is -0.551. The van der Waals surface area contributed by atoms with Crippen LogP contribution in [0.15, 0.2) is 36.5 Å². The van der Waals surface area contributed by atoms with Crippen LogP contribution in [0, 0.1) is 5.92 Å². The molecule has 0 aliphatic heterocycles. The van der Waals surface area contributed by atoms with Crippen molar-refractivity contribution in [3.8, 4) is 0 Å². The molecule has 0 aromatic carbocycles. The number of carbonyl (C=O) groups excluding carboxylic acids is 2. The summed E-state index contributed by atoms with van der Waals surface area (Å²) in [5.74, 6) is -1.11. The Bertz CT molecular complexity index is 920. The van der Waals surface area contributed by atoms with E-state index in [1.54, 1.807) is 0 Å². The first-order valence-corrected chi connectivity index (χ1v) is 25.9. The van der Waals surface area contributed by atoms with Crippen molar-refractivity contribution in [3.05, 3.63) is 36.5 Å². The molecule has 0 radical (unpaired) electrons. The largest absolute Gasteiger partial charge is 0.466 e. The smallest absolute Gasteiger partial charge is 0.313 e. The van der Waals surface area contributed by atoms with E-state index in [0.29, 0.717) is 13.2 Å². The lowest BCUT2D eigenvalue weighted by Crippen LogP contribution is -2.21. The van der Waals surface area contributed by atoms with Crippen LogP contribution in [-0.4, -0.2) is 25.2 Å². The standard InChI is InChI=1S/C54H100O4/c1-4-7-10-13-16-19-22-25-27-29-31-34-37-40-43-46-49-57-53(55)51-52(48-45-42-39-36-33-24-21-18-15-12-9-6-3)54(56)58-50-47-44-41-38-35-32-30-28-26-23-20-17-14-11-8-5-2/h25-28,45,48,52H,4-24,29-44,46-47,49-51H2,1-3H3. The molecule has 0 aromatic heterocycles. The van der Waals surface area contributed by atoms with Gasteiger partial charge >= 0.3 is 11.9 Å². The van der Waals surface area contributed by atoms with Crippen molar-refractivity contribution in [1.29, 1.82) is 0 Å². The van der Waals surface area contributed by atoms with Crippen LogP contribution in [0.25, 0.3) is 0 Å². The van der Waals surface area contributed by atoms with Crippen molar-refractivity contribution in [1.82, 2.24) is 0 Å². The molecule has 0 amide bonds. The maximum absolute atomic E-state index is 13.1. The first kappa shape index (κ1) is 56.2. The third kappa shape index (κ3) is 45.2. The molecule has 1 atom stereocenters. The number of rotatable bonds is 47. The molecule has 0 aromatic rings. The second-order valence-corrected chi connectivity index (χ2v) is 17.5. The Hall–Kier alpha value is -1.84. The zero-order valence-corrected chi connectivity index (χ0v) is 39.4. The highest BCUT2D eigenvalue weighted by molar-refractivity contribution is 5.81. The molecule has 0 saturated heterocycles. The minimum absolute atomic E-state index is 0.0765. The summed E-state index contributed by atoms with van der Waals surface area (Å²) >= 11 is 0. The van der Waals surface area contributed by atoms with Gasteiger partial charge in [-0.2, -0.15) is 0 Å². The van der Waals surface area contributed by atoms with Crippen LogP contribution in [0.4, 0.5) is 0 Å². The van der Waals surface area contributed by atoms with Crippen molar-refractivity contribution in [2.24, 2.45) is 5.92 Å². The normalized spacial score (nSPS) is 12.4. The Morgan fingerprint density at radius 1 is 0.345 bits per heavy atom. The number of hydrogen-bond donors (Lipinski definition) is 0. The van der Waals surface area contributed by atoms with Gasteiger partial charge in [-0.05, 0) is 77.0 Å². The average Bonchev–Trinajstić information content (AvgIpc) is 3.22. The van der Waals surface area contributed by atoms with Gasteiger partial charge in [-0.3, -0.25) is 9.59 Å². The number of carbonyl (C=O) groups is 2. The number of esters is 2. The molecule has 0 bridgehead atoms. The molecule has 0 rings (SSSR count). The lowest BCUT2D eigenvalue weighted by Gasteiger charge is -2.13. The Labute approximate surface area is 363 Å². The minimum Gasteiger partial charge on any atom is -0.466 e. The number of allylic oxidation sites excluding steroid dienone is 5. The van der Waals surface area contributed by atoms with Crippen molar-refractivity contribution in [2.45, 2.75) is 278 Å². The van der Waals surface area contributed by atoms with Gasteiger partial charge in [0.15, 0.2) is 0 Å². The van der Waals surface area contributed by atoms with Crippen LogP contribution in [0.3, 0.4) is 0 Å². The van der Waals surface area contributed by atoms with Gasteiger partial charge in [-0.1, -0.05) is 231 Å². The van der Waals surface area contributed by atoms with E-state index in [0.717, 1.165) is 38.5 Å². The third-order valence-electron chi connectivity index (χ3n) is 11.6. The highest BCUT2D eigenvalue weighted by atomic mass is 16.5. The van der Waals surface area contributed by atoms with Crippen molar-refractivity contribution >= 4 is 11.9 Å². The maximum Gasteiger partial charge on any atom is 0.313 e.